The van der Waals surface area contributed by atoms with Crippen LogP contribution in [0.1, 0.15) is 77.6 Å². The van der Waals surface area contributed by atoms with Gasteiger partial charge in [-0.3, -0.25) is 4.79 Å². The second-order valence-corrected chi connectivity index (χ2v) is 6.27. The van der Waals surface area contributed by atoms with E-state index in [2.05, 4.69) is 55.5 Å². The summed E-state index contributed by atoms with van der Waals surface area (Å²) in [4.78, 5) is 10.4. The van der Waals surface area contributed by atoms with Gasteiger partial charge in [0.15, 0.2) is 0 Å². The molecule has 0 bridgehead atoms. The Morgan fingerprint density at radius 2 is 1.28 bits per heavy atom. The van der Waals surface area contributed by atoms with E-state index in [-0.39, 0.29) is 6.42 Å². The third-order valence-corrected chi connectivity index (χ3v) is 3.78. The largest absolute Gasteiger partial charge is 0.481 e. The summed E-state index contributed by atoms with van der Waals surface area (Å²) in [7, 11) is 0. The molecule has 0 radical (unpaired) electrons. The highest BCUT2D eigenvalue weighted by Crippen LogP contribution is 2.05. The van der Waals surface area contributed by atoms with Crippen LogP contribution in [0.5, 0.6) is 0 Å². The molecule has 0 aliphatic rings. The van der Waals surface area contributed by atoms with Crippen molar-refractivity contribution >= 4 is 5.97 Å². The van der Waals surface area contributed by atoms with Crippen molar-refractivity contribution in [3.05, 3.63) is 48.6 Å². The molecule has 0 fully saturated rings. The smallest absolute Gasteiger partial charge is 0.305 e. The molecule has 0 heterocycles. The van der Waals surface area contributed by atoms with Crippen molar-refractivity contribution in [2.75, 3.05) is 0 Å². The van der Waals surface area contributed by atoms with E-state index in [0.29, 0.717) is 6.42 Å². The van der Waals surface area contributed by atoms with Gasteiger partial charge < -0.3 is 10.2 Å². The molecular weight excluding hydrogens is 312 g/mol. The maximum Gasteiger partial charge on any atom is 0.305 e. The molecule has 0 aromatic rings. The highest BCUT2D eigenvalue weighted by molar-refractivity contribution is 5.67. The zero-order valence-electron chi connectivity index (χ0n) is 15.8. The second kappa shape index (κ2) is 18.7. The number of carboxylic acid groups (broad SMARTS) is 1. The van der Waals surface area contributed by atoms with Crippen LogP contribution in [0, 0.1) is 0 Å². The van der Waals surface area contributed by atoms with Crippen LogP contribution in [0.3, 0.4) is 0 Å². The van der Waals surface area contributed by atoms with Gasteiger partial charge in [0.05, 0.1) is 12.5 Å². The van der Waals surface area contributed by atoms with E-state index in [0.717, 1.165) is 32.1 Å². The van der Waals surface area contributed by atoms with Crippen molar-refractivity contribution < 1.29 is 15.0 Å². The highest BCUT2D eigenvalue weighted by atomic mass is 16.4. The molecular formula is C22H36O3. The summed E-state index contributed by atoms with van der Waals surface area (Å²) in [5.74, 6) is -0.940. The maximum absolute atomic E-state index is 10.4. The minimum atomic E-state index is -0.940. The van der Waals surface area contributed by atoms with Crippen molar-refractivity contribution in [3.8, 4) is 0 Å². The van der Waals surface area contributed by atoms with E-state index in [1.807, 2.05) is 0 Å². The van der Waals surface area contributed by atoms with Gasteiger partial charge in [0.1, 0.15) is 0 Å². The lowest BCUT2D eigenvalue weighted by molar-refractivity contribution is -0.139. The second-order valence-electron chi connectivity index (χ2n) is 6.27. The number of hydrogen-bond donors (Lipinski definition) is 2. The molecule has 0 spiro atoms. The Kier molecular flexibility index (Phi) is 17.5. The van der Waals surface area contributed by atoms with Crippen LogP contribution >= 0.6 is 0 Å². The zero-order valence-corrected chi connectivity index (χ0v) is 15.8. The minimum Gasteiger partial charge on any atom is -0.481 e. The Hall–Kier alpha value is -1.61. The third-order valence-electron chi connectivity index (χ3n) is 3.78. The molecule has 3 heteroatoms. The molecule has 2 N–H and O–H groups in total. The lowest BCUT2D eigenvalue weighted by atomic mass is 10.1. The molecule has 0 aromatic carbocycles. The predicted octanol–water partition coefficient (Wildman–Crippen LogP) is 5.97. The van der Waals surface area contributed by atoms with Gasteiger partial charge in [0, 0.05) is 0 Å². The Bertz CT molecular complexity index is 419. The number of allylic oxidation sites excluding steroid dienone is 8. The van der Waals surface area contributed by atoms with Crippen molar-refractivity contribution in [3.63, 3.8) is 0 Å². The fourth-order valence-corrected chi connectivity index (χ4v) is 2.34. The summed E-state index contributed by atoms with van der Waals surface area (Å²) in [5, 5.41) is 18.0. The van der Waals surface area contributed by atoms with Crippen LogP contribution < -0.4 is 0 Å². The SMILES string of the molecule is CCCCC/C=C/C/C=C/C/C=C/C/C=C/CCCC(O)CC(=O)O. The monoisotopic (exact) mass is 348 g/mol. The van der Waals surface area contributed by atoms with Gasteiger partial charge in [-0.25, -0.2) is 0 Å². The lowest BCUT2D eigenvalue weighted by Gasteiger charge is -2.05. The molecule has 0 aliphatic heterocycles. The molecule has 0 saturated carbocycles. The van der Waals surface area contributed by atoms with Crippen LogP contribution in [-0.4, -0.2) is 22.3 Å². The van der Waals surface area contributed by atoms with Crippen LogP contribution in [0.2, 0.25) is 0 Å². The number of aliphatic carboxylic acids is 1. The molecule has 0 amide bonds. The van der Waals surface area contributed by atoms with Gasteiger partial charge in [-0.05, 0) is 51.4 Å². The number of aliphatic hydroxyl groups excluding tert-OH is 1. The summed E-state index contributed by atoms with van der Waals surface area (Å²) in [6.07, 6.45) is 26.9. The van der Waals surface area contributed by atoms with E-state index < -0.39 is 12.1 Å². The standard InChI is InChI=1S/C22H36O3/c1-2-3-4-5-6-7-8-9-10-11-12-13-14-15-16-17-18-19-21(23)20-22(24)25/h6-7,9-10,12-13,15-16,21,23H,2-5,8,11,14,17-20H2,1H3,(H,24,25)/b7-6+,10-9+,13-12+,16-15+. The van der Waals surface area contributed by atoms with E-state index in [1.54, 1.807) is 0 Å². The Balaban J connectivity index is 3.47. The summed E-state index contributed by atoms with van der Waals surface area (Å²) < 4.78 is 0. The molecule has 0 aliphatic carbocycles. The van der Waals surface area contributed by atoms with Crippen LogP contribution in [-0.2, 0) is 4.79 Å². The quantitative estimate of drug-likeness (QED) is 0.267. The number of carbonyl (C=O) groups is 1. The molecule has 142 valence electrons. The number of aliphatic hydroxyl groups is 1. The number of unbranched alkanes of at least 4 members (excludes halogenated alkanes) is 4. The van der Waals surface area contributed by atoms with E-state index in [4.69, 9.17) is 5.11 Å². The molecule has 0 rings (SSSR count). The molecule has 3 nitrogen and oxygen atoms in total. The van der Waals surface area contributed by atoms with Crippen molar-refractivity contribution in [1.29, 1.82) is 0 Å². The first-order chi connectivity index (χ1) is 12.2. The fraction of sp³-hybridized carbons (Fsp3) is 0.591. The van der Waals surface area contributed by atoms with Crippen LogP contribution in [0.4, 0.5) is 0 Å². The van der Waals surface area contributed by atoms with Crippen LogP contribution in [0.15, 0.2) is 48.6 Å². The Labute approximate surface area is 153 Å². The van der Waals surface area contributed by atoms with Gasteiger partial charge >= 0.3 is 5.97 Å². The molecule has 0 saturated heterocycles. The normalized spacial score (nSPS) is 13.7. The first-order valence-corrected chi connectivity index (χ1v) is 9.66. The van der Waals surface area contributed by atoms with E-state index in [1.165, 1.54) is 25.7 Å². The maximum atomic E-state index is 10.4. The average molecular weight is 349 g/mol. The van der Waals surface area contributed by atoms with Gasteiger partial charge in [-0.1, -0.05) is 68.4 Å². The third kappa shape index (κ3) is 20.3. The topological polar surface area (TPSA) is 57.5 Å². The van der Waals surface area contributed by atoms with Gasteiger partial charge in [0.25, 0.3) is 0 Å². The molecule has 1 unspecified atom stereocenters. The van der Waals surface area contributed by atoms with Gasteiger partial charge in [0.2, 0.25) is 0 Å². The summed E-state index contributed by atoms with van der Waals surface area (Å²) in [6.45, 7) is 2.23. The zero-order chi connectivity index (χ0) is 18.6. The van der Waals surface area contributed by atoms with Crippen molar-refractivity contribution in [2.24, 2.45) is 0 Å². The number of rotatable bonds is 16. The number of carboxylic acids is 1. The van der Waals surface area contributed by atoms with E-state index in [9.17, 15) is 9.90 Å². The highest BCUT2D eigenvalue weighted by Gasteiger charge is 2.07. The minimum absolute atomic E-state index is 0.158. The summed E-state index contributed by atoms with van der Waals surface area (Å²) in [5.41, 5.74) is 0. The van der Waals surface area contributed by atoms with Crippen molar-refractivity contribution in [1.82, 2.24) is 0 Å². The molecule has 1 atom stereocenters. The fourth-order valence-electron chi connectivity index (χ4n) is 2.34. The summed E-state index contributed by atoms with van der Waals surface area (Å²) >= 11 is 0. The first kappa shape index (κ1) is 23.4. The Morgan fingerprint density at radius 1 is 0.800 bits per heavy atom. The predicted molar refractivity (Wildman–Crippen MR) is 107 cm³/mol. The summed E-state index contributed by atoms with van der Waals surface area (Å²) in [6, 6.07) is 0. The van der Waals surface area contributed by atoms with Gasteiger partial charge in [-0.15, -0.1) is 0 Å². The molecule has 25 heavy (non-hydrogen) atoms. The van der Waals surface area contributed by atoms with E-state index >= 15 is 0 Å². The number of hydrogen-bond acceptors (Lipinski definition) is 2. The van der Waals surface area contributed by atoms with Crippen LogP contribution in [0.25, 0.3) is 0 Å². The van der Waals surface area contributed by atoms with Gasteiger partial charge in [-0.2, -0.15) is 0 Å². The first-order valence-electron chi connectivity index (χ1n) is 9.66. The lowest BCUT2D eigenvalue weighted by Crippen LogP contribution is -2.12. The van der Waals surface area contributed by atoms with Crippen molar-refractivity contribution in [2.45, 2.75) is 83.7 Å². The Morgan fingerprint density at radius 3 is 1.76 bits per heavy atom. The average Bonchev–Trinajstić information content (AvgIpc) is 2.57. The molecule has 0 aromatic heterocycles.